The van der Waals surface area contributed by atoms with Crippen molar-refractivity contribution in [2.75, 3.05) is 5.73 Å². The van der Waals surface area contributed by atoms with Gasteiger partial charge in [-0.25, -0.2) is 4.68 Å². The summed E-state index contributed by atoms with van der Waals surface area (Å²) in [6.07, 6.45) is -0.483. The first-order valence-corrected chi connectivity index (χ1v) is 11.6. The topological polar surface area (TPSA) is 96.2 Å². The van der Waals surface area contributed by atoms with Gasteiger partial charge >= 0.3 is 0 Å². The van der Waals surface area contributed by atoms with Crippen molar-refractivity contribution in [3.05, 3.63) is 92.4 Å². The molecule has 0 radical (unpaired) electrons. The molecule has 0 aliphatic carbocycles. The van der Waals surface area contributed by atoms with Gasteiger partial charge in [0.15, 0.2) is 0 Å². The molecule has 0 bridgehead atoms. The molecule has 1 unspecified atom stereocenters. The zero-order valence-electron chi connectivity index (χ0n) is 18.9. The number of halogens is 1. The Labute approximate surface area is 205 Å². The van der Waals surface area contributed by atoms with E-state index in [1.807, 2.05) is 28.9 Å². The summed E-state index contributed by atoms with van der Waals surface area (Å²) < 4.78 is 9.17. The molecule has 172 valence electrons. The van der Waals surface area contributed by atoms with Gasteiger partial charge in [-0.2, -0.15) is 5.10 Å². The number of nitro groups is 1. The molecule has 0 saturated carbocycles. The van der Waals surface area contributed by atoms with Gasteiger partial charge in [-0.1, -0.05) is 67.0 Å². The molecule has 34 heavy (non-hydrogen) atoms. The van der Waals surface area contributed by atoms with Gasteiger partial charge in [0.1, 0.15) is 11.4 Å². The zero-order chi connectivity index (χ0) is 24.2. The lowest BCUT2D eigenvalue weighted by atomic mass is 9.86. The molecular formula is C26H23BrN4O3. The monoisotopic (exact) mass is 518 g/mol. The second kappa shape index (κ2) is 7.99. The average molecular weight is 519 g/mol. The number of fused-ring (bicyclic) bond motifs is 3. The van der Waals surface area contributed by atoms with E-state index in [-0.39, 0.29) is 16.8 Å². The number of hydrogen-bond acceptors (Lipinski definition) is 5. The van der Waals surface area contributed by atoms with E-state index in [4.69, 9.17) is 15.6 Å². The maximum atomic E-state index is 11.4. The van der Waals surface area contributed by atoms with Crippen molar-refractivity contribution < 1.29 is 9.66 Å². The standard InChI is InChI=1S/C26H23BrN4O3/c1-26(2,3)17-7-4-15(5-8-17)25-30-22(19-10-9-18(27)13-24(19)34-25)14-21(29-30)16-6-11-20(28)23(12-16)31(32)33/h4-14,25H,28H2,1-3H3. The largest absolute Gasteiger partial charge is 0.464 e. The molecular weight excluding hydrogens is 496 g/mol. The molecule has 0 saturated heterocycles. The van der Waals surface area contributed by atoms with Crippen LogP contribution >= 0.6 is 15.9 Å². The summed E-state index contributed by atoms with van der Waals surface area (Å²) in [6.45, 7) is 6.53. The van der Waals surface area contributed by atoms with E-state index in [9.17, 15) is 10.1 Å². The van der Waals surface area contributed by atoms with Crippen LogP contribution in [-0.2, 0) is 5.41 Å². The molecule has 1 aliphatic rings. The Hall–Kier alpha value is -3.65. The van der Waals surface area contributed by atoms with E-state index in [1.165, 1.54) is 17.7 Å². The number of nitrogen functional groups attached to an aromatic ring is 1. The Morgan fingerprint density at radius 1 is 1.06 bits per heavy atom. The van der Waals surface area contributed by atoms with Crippen molar-refractivity contribution in [2.45, 2.75) is 32.4 Å². The van der Waals surface area contributed by atoms with Crippen molar-refractivity contribution in [1.82, 2.24) is 9.78 Å². The minimum atomic E-state index is -0.483. The van der Waals surface area contributed by atoms with E-state index in [0.29, 0.717) is 11.3 Å². The van der Waals surface area contributed by atoms with Crippen molar-refractivity contribution >= 4 is 27.3 Å². The number of ether oxygens (including phenoxy) is 1. The maximum absolute atomic E-state index is 11.4. The first kappa shape index (κ1) is 22.2. The molecule has 4 aromatic rings. The number of rotatable bonds is 3. The molecule has 1 aliphatic heterocycles. The summed E-state index contributed by atoms with van der Waals surface area (Å²) in [5, 5.41) is 16.2. The summed E-state index contributed by atoms with van der Waals surface area (Å²) >= 11 is 3.53. The van der Waals surface area contributed by atoms with Crippen molar-refractivity contribution in [2.24, 2.45) is 0 Å². The lowest BCUT2D eigenvalue weighted by Gasteiger charge is -2.29. The summed E-state index contributed by atoms with van der Waals surface area (Å²) in [5.74, 6) is 0.738. The molecule has 2 N–H and O–H groups in total. The molecule has 0 amide bonds. The third-order valence-corrected chi connectivity index (χ3v) is 6.49. The smallest absolute Gasteiger partial charge is 0.292 e. The highest BCUT2D eigenvalue weighted by molar-refractivity contribution is 9.10. The third-order valence-electron chi connectivity index (χ3n) is 6.00. The Morgan fingerprint density at radius 2 is 1.79 bits per heavy atom. The van der Waals surface area contributed by atoms with Gasteiger partial charge in [-0.3, -0.25) is 10.1 Å². The Morgan fingerprint density at radius 3 is 2.47 bits per heavy atom. The van der Waals surface area contributed by atoms with Crippen LogP contribution in [0.25, 0.3) is 22.5 Å². The fourth-order valence-electron chi connectivity index (χ4n) is 4.11. The van der Waals surface area contributed by atoms with Gasteiger partial charge in [0.25, 0.3) is 5.69 Å². The molecule has 7 nitrogen and oxygen atoms in total. The highest BCUT2D eigenvalue weighted by atomic mass is 79.9. The fraction of sp³-hybridized carbons (Fsp3) is 0.192. The van der Waals surface area contributed by atoms with E-state index >= 15 is 0 Å². The van der Waals surface area contributed by atoms with E-state index in [1.54, 1.807) is 6.07 Å². The zero-order valence-corrected chi connectivity index (χ0v) is 20.5. The third kappa shape index (κ3) is 3.84. The average Bonchev–Trinajstić information content (AvgIpc) is 3.23. The van der Waals surface area contributed by atoms with Crippen LogP contribution in [0.15, 0.2) is 71.2 Å². The minimum Gasteiger partial charge on any atom is -0.464 e. The van der Waals surface area contributed by atoms with Crippen LogP contribution in [0.1, 0.15) is 38.1 Å². The number of nitrogens with two attached hydrogens (primary N) is 1. The van der Waals surface area contributed by atoms with Crippen LogP contribution in [-0.4, -0.2) is 14.7 Å². The second-order valence-electron chi connectivity index (χ2n) is 9.37. The van der Waals surface area contributed by atoms with Gasteiger partial charge in [-0.05, 0) is 41.3 Å². The van der Waals surface area contributed by atoms with E-state index in [2.05, 4.69) is 61.0 Å². The molecule has 1 atom stereocenters. The summed E-state index contributed by atoms with van der Waals surface area (Å²) in [4.78, 5) is 10.9. The van der Waals surface area contributed by atoms with E-state index in [0.717, 1.165) is 27.0 Å². The van der Waals surface area contributed by atoms with Gasteiger partial charge in [0, 0.05) is 27.2 Å². The number of hydrogen-bond donors (Lipinski definition) is 1. The highest BCUT2D eigenvalue weighted by Crippen LogP contribution is 2.43. The van der Waals surface area contributed by atoms with Crippen LogP contribution in [0.5, 0.6) is 5.75 Å². The lowest BCUT2D eigenvalue weighted by molar-refractivity contribution is -0.383. The normalized spacial score (nSPS) is 14.8. The molecule has 2 heterocycles. The Bertz CT molecular complexity index is 1420. The molecule has 3 aromatic carbocycles. The van der Waals surface area contributed by atoms with Crippen molar-refractivity contribution in [3.63, 3.8) is 0 Å². The predicted octanol–water partition coefficient (Wildman–Crippen LogP) is 6.71. The van der Waals surface area contributed by atoms with Crippen LogP contribution in [0, 0.1) is 10.1 Å². The number of nitro benzene ring substituents is 1. The van der Waals surface area contributed by atoms with Crippen LogP contribution < -0.4 is 10.5 Å². The Balaban J connectivity index is 1.65. The number of benzene rings is 3. The lowest BCUT2D eigenvalue weighted by Crippen LogP contribution is -2.23. The van der Waals surface area contributed by atoms with Crippen molar-refractivity contribution in [3.8, 4) is 28.3 Å². The summed E-state index contributed by atoms with van der Waals surface area (Å²) in [5.41, 5.74) is 11.0. The quantitative estimate of drug-likeness (QED) is 0.184. The second-order valence-corrected chi connectivity index (χ2v) is 10.3. The molecule has 5 rings (SSSR count). The SMILES string of the molecule is CC(C)(C)c1ccc(C2Oc3cc(Br)ccc3-c3cc(-c4ccc(N)c([N+](=O)[O-])c4)nn32)cc1. The number of aromatic nitrogens is 2. The van der Waals surface area contributed by atoms with E-state index < -0.39 is 11.2 Å². The number of anilines is 1. The van der Waals surface area contributed by atoms with Gasteiger partial charge < -0.3 is 10.5 Å². The molecule has 0 fully saturated rings. The van der Waals surface area contributed by atoms with Gasteiger partial charge in [0.05, 0.1) is 16.3 Å². The maximum Gasteiger partial charge on any atom is 0.292 e. The Kier molecular flexibility index (Phi) is 5.20. The van der Waals surface area contributed by atoms with Crippen LogP contribution in [0.3, 0.4) is 0 Å². The number of nitrogens with zero attached hydrogens (tertiary/aromatic N) is 3. The molecule has 0 spiro atoms. The first-order chi connectivity index (χ1) is 16.1. The highest BCUT2D eigenvalue weighted by Gasteiger charge is 2.30. The predicted molar refractivity (Wildman–Crippen MR) is 136 cm³/mol. The van der Waals surface area contributed by atoms with Gasteiger partial charge in [0.2, 0.25) is 6.23 Å². The van der Waals surface area contributed by atoms with Gasteiger partial charge in [-0.15, -0.1) is 0 Å². The molecule has 8 heteroatoms. The summed E-state index contributed by atoms with van der Waals surface area (Å²) in [6, 6.07) is 20.9. The van der Waals surface area contributed by atoms with Crippen LogP contribution in [0.2, 0.25) is 0 Å². The minimum absolute atomic E-state index is 0.0390. The van der Waals surface area contributed by atoms with Crippen LogP contribution in [0.4, 0.5) is 11.4 Å². The first-order valence-electron chi connectivity index (χ1n) is 10.8. The fourth-order valence-corrected chi connectivity index (χ4v) is 4.45. The molecule has 1 aromatic heterocycles. The summed E-state index contributed by atoms with van der Waals surface area (Å²) in [7, 11) is 0. The van der Waals surface area contributed by atoms with Crippen molar-refractivity contribution in [1.29, 1.82) is 0 Å².